The van der Waals surface area contributed by atoms with Gasteiger partial charge in [0.05, 0.1) is 0 Å². The standard InChI is InChI=1S/C2BrF4NO2/c3-1(4,5)2(6,7)8(9)10. The Bertz CT molecular complexity index is 154. The average Bonchev–Trinajstić information content (AvgIpc) is 1.62. The lowest BCUT2D eigenvalue weighted by molar-refractivity contribution is -0.664. The van der Waals surface area contributed by atoms with E-state index in [1.54, 1.807) is 0 Å². The maximum Gasteiger partial charge on any atom is 0.586 e. The van der Waals surface area contributed by atoms with Gasteiger partial charge in [0, 0.05) is 15.9 Å². The summed E-state index contributed by atoms with van der Waals surface area (Å²) in [4.78, 5) is 2.05. The molecule has 0 unspecified atom stereocenters. The zero-order chi connectivity index (χ0) is 8.58. The molecule has 0 saturated carbocycles. The van der Waals surface area contributed by atoms with Crippen LogP contribution in [-0.2, 0) is 0 Å². The Morgan fingerprint density at radius 1 is 1.30 bits per heavy atom. The summed E-state index contributed by atoms with van der Waals surface area (Å²) in [5, 5.41) is 9.21. The second-order valence-electron chi connectivity index (χ2n) is 1.30. The van der Waals surface area contributed by atoms with E-state index in [-0.39, 0.29) is 0 Å². The van der Waals surface area contributed by atoms with Crippen LogP contribution in [0.2, 0.25) is 0 Å². The zero-order valence-electron chi connectivity index (χ0n) is 4.15. The van der Waals surface area contributed by atoms with E-state index in [9.17, 15) is 27.7 Å². The van der Waals surface area contributed by atoms with E-state index in [2.05, 4.69) is 0 Å². The van der Waals surface area contributed by atoms with Crippen molar-refractivity contribution in [1.29, 1.82) is 0 Å². The minimum Gasteiger partial charge on any atom is -0.259 e. The van der Waals surface area contributed by atoms with Crippen LogP contribution in [0.15, 0.2) is 0 Å². The summed E-state index contributed by atoms with van der Waals surface area (Å²) in [5.74, 6) is 0. The molecule has 0 spiro atoms. The molecule has 0 aliphatic rings. The highest BCUT2D eigenvalue weighted by Crippen LogP contribution is 2.39. The zero-order valence-corrected chi connectivity index (χ0v) is 5.74. The number of halogens is 5. The summed E-state index contributed by atoms with van der Waals surface area (Å²) in [5.41, 5.74) is 0. The molecule has 0 aromatic carbocycles. The maximum atomic E-state index is 11.6. The van der Waals surface area contributed by atoms with Gasteiger partial charge in [-0.1, -0.05) is 0 Å². The van der Waals surface area contributed by atoms with Gasteiger partial charge in [-0.15, -0.1) is 8.78 Å². The molecule has 0 bridgehead atoms. The minimum absolute atomic E-state index is 1.18. The Morgan fingerprint density at radius 3 is 1.60 bits per heavy atom. The number of rotatable bonds is 2. The summed E-state index contributed by atoms with van der Waals surface area (Å²) in [7, 11) is 0. The van der Waals surface area contributed by atoms with Gasteiger partial charge in [0.25, 0.3) is 0 Å². The number of alkyl halides is 5. The predicted octanol–water partition coefficient (Wildman–Crippen LogP) is 1.84. The molecule has 60 valence electrons. The number of nitrogens with zero attached hydrogens (tertiary/aromatic N) is 1. The Labute approximate surface area is 60.3 Å². The number of hydrogen-bond acceptors (Lipinski definition) is 2. The van der Waals surface area contributed by atoms with E-state index in [0.717, 1.165) is 0 Å². The molecule has 3 nitrogen and oxygen atoms in total. The van der Waals surface area contributed by atoms with Crippen LogP contribution in [0.1, 0.15) is 0 Å². The molecule has 0 aliphatic carbocycles. The van der Waals surface area contributed by atoms with Crippen LogP contribution in [0.5, 0.6) is 0 Å². The smallest absolute Gasteiger partial charge is 0.259 e. The summed E-state index contributed by atoms with van der Waals surface area (Å²) < 4.78 is 46.1. The summed E-state index contributed by atoms with van der Waals surface area (Å²) in [6.07, 6.45) is 0. The van der Waals surface area contributed by atoms with Crippen LogP contribution < -0.4 is 0 Å². The predicted molar refractivity (Wildman–Crippen MR) is 25.8 cm³/mol. The molecule has 0 rings (SSSR count). The van der Waals surface area contributed by atoms with E-state index >= 15 is 0 Å². The molecule has 10 heavy (non-hydrogen) atoms. The van der Waals surface area contributed by atoms with E-state index < -0.39 is 15.8 Å². The van der Waals surface area contributed by atoms with Crippen molar-refractivity contribution in [2.75, 3.05) is 0 Å². The van der Waals surface area contributed by atoms with Crippen LogP contribution in [0.25, 0.3) is 0 Å². The van der Waals surface area contributed by atoms with Crippen LogP contribution in [-0.4, -0.2) is 15.8 Å². The first-order valence-electron chi connectivity index (χ1n) is 1.78. The Balaban J connectivity index is 4.57. The van der Waals surface area contributed by atoms with Crippen LogP contribution in [0.4, 0.5) is 17.6 Å². The molecular formula is C2BrF4NO2. The Morgan fingerprint density at radius 2 is 1.60 bits per heavy atom. The molecular weight excluding hydrogens is 226 g/mol. The highest BCUT2D eigenvalue weighted by atomic mass is 79.9. The third kappa shape index (κ3) is 1.55. The molecule has 0 aromatic rings. The SMILES string of the molecule is O=[N+]([O-])C(F)(F)C(F)(F)Br. The fraction of sp³-hybridized carbons (Fsp3) is 1.00. The molecule has 0 N–H and O–H groups in total. The molecule has 8 heteroatoms. The van der Waals surface area contributed by atoms with Crippen LogP contribution >= 0.6 is 15.9 Å². The van der Waals surface area contributed by atoms with Crippen molar-refractivity contribution in [1.82, 2.24) is 0 Å². The number of nitro groups is 1. The topological polar surface area (TPSA) is 43.1 Å². The summed E-state index contributed by atoms with van der Waals surface area (Å²) in [6.45, 7) is 0. The fourth-order valence-electron chi connectivity index (χ4n) is 0.104. The monoisotopic (exact) mass is 225 g/mol. The van der Waals surface area contributed by atoms with Crippen molar-refractivity contribution in [3.05, 3.63) is 10.1 Å². The third-order valence-electron chi connectivity index (χ3n) is 0.570. The van der Waals surface area contributed by atoms with Crippen LogP contribution in [0.3, 0.4) is 0 Å². The van der Waals surface area contributed by atoms with Gasteiger partial charge in [-0.3, -0.25) is 10.1 Å². The van der Waals surface area contributed by atoms with Crippen molar-refractivity contribution in [3.63, 3.8) is 0 Å². The van der Waals surface area contributed by atoms with Gasteiger partial charge >= 0.3 is 10.9 Å². The second kappa shape index (κ2) is 2.33. The lowest BCUT2D eigenvalue weighted by Gasteiger charge is -2.11. The highest BCUT2D eigenvalue weighted by Gasteiger charge is 2.67. The fourth-order valence-corrected chi connectivity index (χ4v) is 0.248. The highest BCUT2D eigenvalue weighted by molar-refractivity contribution is 9.10. The normalized spacial score (nSPS) is 13.3. The van der Waals surface area contributed by atoms with Gasteiger partial charge in [-0.25, -0.2) is 0 Å². The quantitative estimate of drug-likeness (QED) is 0.237. The van der Waals surface area contributed by atoms with Gasteiger partial charge in [0.2, 0.25) is 0 Å². The summed E-state index contributed by atoms with van der Waals surface area (Å²) in [6, 6.07) is -5.26. The maximum absolute atomic E-state index is 11.6. The van der Waals surface area contributed by atoms with Crippen molar-refractivity contribution >= 4 is 15.9 Å². The van der Waals surface area contributed by atoms with E-state index in [0.29, 0.717) is 0 Å². The first kappa shape index (κ1) is 9.60. The molecule has 0 heterocycles. The van der Waals surface area contributed by atoms with Crippen molar-refractivity contribution in [2.24, 2.45) is 0 Å². The van der Waals surface area contributed by atoms with Gasteiger partial charge in [-0.05, 0) is 0 Å². The third-order valence-corrected chi connectivity index (χ3v) is 1.05. The molecule has 0 aromatic heterocycles. The molecule has 0 saturated heterocycles. The van der Waals surface area contributed by atoms with Crippen LogP contribution in [0, 0.1) is 10.1 Å². The van der Waals surface area contributed by atoms with Gasteiger partial charge < -0.3 is 0 Å². The molecule has 0 radical (unpaired) electrons. The van der Waals surface area contributed by atoms with Gasteiger partial charge in [-0.2, -0.15) is 8.78 Å². The van der Waals surface area contributed by atoms with E-state index in [1.807, 2.05) is 0 Å². The Kier molecular flexibility index (Phi) is 2.24. The van der Waals surface area contributed by atoms with Crippen molar-refractivity contribution in [2.45, 2.75) is 10.9 Å². The van der Waals surface area contributed by atoms with Gasteiger partial charge in [0.15, 0.2) is 0 Å². The summed E-state index contributed by atoms with van der Waals surface area (Å²) >= 11 is 1.18. The lowest BCUT2D eigenvalue weighted by Crippen LogP contribution is -2.42. The van der Waals surface area contributed by atoms with Crippen molar-refractivity contribution < 1.29 is 22.5 Å². The first-order valence-corrected chi connectivity index (χ1v) is 2.58. The average molecular weight is 226 g/mol. The largest absolute Gasteiger partial charge is 0.586 e. The minimum atomic E-state index is -5.26. The molecule has 0 fully saturated rings. The molecule has 0 aliphatic heterocycles. The van der Waals surface area contributed by atoms with E-state index in [4.69, 9.17) is 0 Å². The lowest BCUT2D eigenvalue weighted by atomic mass is 10.6. The first-order chi connectivity index (χ1) is 4.19. The van der Waals surface area contributed by atoms with E-state index in [1.165, 1.54) is 15.9 Å². The van der Waals surface area contributed by atoms with Crippen molar-refractivity contribution in [3.8, 4) is 0 Å². The molecule has 0 atom stereocenters. The van der Waals surface area contributed by atoms with Gasteiger partial charge in [0.1, 0.15) is 4.92 Å². The second-order valence-corrected chi connectivity index (χ2v) is 2.29. The Hall–Kier alpha value is -0.400. The number of hydrogen-bond donors (Lipinski definition) is 0. The molecule has 0 amide bonds.